The van der Waals surface area contributed by atoms with E-state index >= 15 is 0 Å². The van der Waals surface area contributed by atoms with Crippen molar-refractivity contribution in [2.75, 3.05) is 0 Å². The molecule has 1 atom stereocenters. The van der Waals surface area contributed by atoms with Crippen LogP contribution >= 0.6 is 34.4 Å². The molecule has 5 heteroatoms. The van der Waals surface area contributed by atoms with E-state index in [1.165, 1.54) is 25.7 Å². The van der Waals surface area contributed by atoms with E-state index in [0.29, 0.717) is 11.2 Å². The van der Waals surface area contributed by atoms with Gasteiger partial charge in [-0.25, -0.2) is 4.98 Å². The standard InChI is InChI=1S/C14H21IN2OS/c1-3-9(2)19-8-11-16-13(10-6-4-5-7-10)12(15)14(18)17-11/h9-10H,3-8H2,1-2H3,(H,16,17,18). The predicted molar refractivity (Wildman–Crippen MR) is 89.8 cm³/mol. The van der Waals surface area contributed by atoms with Crippen molar-refractivity contribution in [3.63, 3.8) is 0 Å². The second kappa shape index (κ2) is 7.11. The maximum Gasteiger partial charge on any atom is 0.264 e. The third-order valence-electron chi connectivity index (χ3n) is 3.76. The molecular weight excluding hydrogens is 371 g/mol. The SMILES string of the molecule is CCC(C)SCc1nc(C2CCCC2)c(I)c(=O)[nH]1. The van der Waals surface area contributed by atoms with Crippen LogP contribution in [0.25, 0.3) is 0 Å². The largest absolute Gasteiger partial charge is 0.309 e. The molecule has 1 fully saturated rings. The molecule has 0 radical (unpaired) electrons. The first-order valence-electron chi connectivity index (χ1n) is 7.02. The number of aromatic nitrogens is 2. The van der Waals surface area contributed by atoms with E-state index in [1.54, 1.807) is 0 Å². The average Bonchev–Trinajstić information content (AvgIpc) is 2.93. The normalized spacial score (nSPS) is 17.8. The predicted octanol–water partition coefficient (Wildman–Crippen LogP) is 4.06. The molecule has 0 bridgehead atoms. The molecule has 0 saturated heterocycles. The highest BCUT2D eigenvalue weighted by atomic mass is 127. The van der Waals surface area contributed by atoms with Crippen LogP contribution in [-0.4, -0.2) is 15.2 Å². The van der Waals surface area contributed by atoms with Crippen LogP contribution in [0.1, 0.15) is 63.4 Å². The van der Waals surface area contributed by atoms with Crippen molar-refractivity contribution >= 4 is 34.4 Å². The van der Waals surface area contributed by atoms with Crippen LogP contribution in [0.15, 0.2) is 4.79 Å². The van der Waals surface area contributed by atoms with E-state index in [4.69, 9.17) is 4.98 Å². The van der Waals surface area contributed by atoms with Crippen LogP contribution in [0.5, 0.6) is 0 Å². The van der Waals surface area contributed by atoms with Gasteiger partial charge in [0.05, 0.1) is 15.0 Å². The minimum Gasteiger partial charge on any atom is -0.309 e. The molecule has 1 N–H and O–H groups in total. The molecule has 1 aromatic rings. The summed E-state index contributed by atoms with van der Waals surface area (Å²) in [6.45, 7) is 4.40. The average molecular weight is 392 g/mol. The van der Waals surface area contributed by atoms with E-state index in [0.717, 1.165) is 27.3 Å². The lowest BCUT2D eigenvalue weighted by atomic mass is 10.0. The third kappa shape index (κ3) is 3.97. The molecule has 3 nitrogen and oxygen atoms in total. The van der Waals surface area contributed by atoms with Crippen molar-refractivity contribution in [2.45, 2.75) is 62.9 Å². The van der Waals surface area contributed by atoms with Crippen LogP contribution < -0.4 is 5.56 Å². The van der Waals surface area contributed by atoms with Gasteiger partial charge in [-0.2, -0.15) is 11.8 Å². The molecule has 0 amide bonds. The summed E-state index contributed by atoms with van der Waals surface area (Å²) < 4.78 is 0.793. The molecule has 1 aromatic heterocycles. The quantitative estimate of drug-likeness (QED) is 0.769. The minimum absolute atomic E-state index is 0.0391. The van der Waals surface area contributed by atoms with Gasteiger partial charge in [-0.15, -0.1) is 0 Å². The Morgan fingerprint density at radius 2 is 2.16 bits per heavy atom. The lowest BCUT2D eigenvalue weighted by Gasteiger charge is -2.13. The number of H-pyrrole nitrogens is 1. The topological polar surface area (TPSA) is 45.8 Å². The zero-order valence-electron chi connectivity index (χ0n) is 11.5. The van der Waals surface area contributed by atoms with Gasteiger partial charge in [-0.05, 0) is 41.9 Å². The Bertz CT molecular complexity index is 483. The Kier molecular flexibility index (Phi) is 5.74. The van der Waals surface area contributed by atoms with Crippen LogP contribution in [0.2, 0.25) is 0 Å². The zero-order valence-corrected chi connectivity index (χ0v) is 14.5. The Morgan fingerprint density at radius 3 is 2.79 bits per heavy atom. The molecule has 1 unspecified atom stereocenters. The number of halogens is 1. The Balaban J connectivity index is 2.18. The molecule has 0 aliphatic heterocycles. The molecule has 0 spiro atoms. The van der Waals surface area contributed by atoms with Gasteiger partial charge in [0, 0.05) is 11.2 Å². The molecule has 1 saturated carbocycles. The summed E-state index contributed by atoms with van der Waals surface area (Å²) in [4.78, 5) is 19.7. The van der Waals surface area contributed by atoms with Gasteiger partial charge in [0.2, 0.25) is 0 Å². The van der Waals surface area contributed by atoms with Gasteiger partial charge in [-0.1, -0.05) is 26.7 Å². The van der Waals surface area contributed by atoms with Crippen molar-refractivity contribution < 1.29 is 0 Å². The van der Waals surface area contributed by atoms with Gasteiger partial charge in [0.15, 0.2) is 0 Å². The summed E-state index contributed by atoms with van der Waals surface area (Å²) in [5.41, 5.74) is 1.08. The van der Waals surface area contributed by atoms with Crippen molar-refractivity contribution in [3.8, 4) is 0 Å². The van der Waals surface area contributed by atoms with Gasteiger partial charge < -0.3 is 4.98 Å². The molecule has 1 aliphatic carbocycles. The van der Waals surface area contributed by atoms with Crippen LogP contribution in [0.3, 0.4) is 0 Å². The smallest absolute Gasteiger partial charge is 0.264 e. The van der Waals surface area contributed by atoms with Crippen molar-refractivity contribution in [1.29, 1.82) is 0 Å². The number of hydrogen-bond donors (Lipinski definition) is 1. The number of hydrogen-bond acceptors (Lipinski definition) is 3. The summed E-state index contributed by atoms with van der Waals surface area (Å²) in [6, 6.07) is 0. The first-order chi connectivity index (χ1) is 9.11. The lowest BCUT2D eigenvalue weighted by Crippen LogP contribution is -2.19. The first kappa shape index (κ1) is 15.4. The highest BCUT2D eigenvalue weighted by molar-refractivity contribution is 14.1. The fraction of sp³-hybridized carbons (Fsp3) is 0.714. The van der Waals surface area contributed by atoms with Gasteiger partial charge >= 0.3 is 0 Å². The fourth-order valence-electron chi connectivity index (χ4n) is 2.40. The first-order valence-corrected chi connectivity index (χ1v) is 9.14. The zero-order chi connectivity index (χ0) is 13.8. The minimum atomic E-state index is 0.0391. The molecular formula is C14H21IN2OS. The molecule has 1 aliphatic rings. The summed E-state index contributed by atoms with van der Waals surface area (Å²) in [6.07, 6.45) is 6.06. The van der Waals surface area contributed by atoms with E-state index < -0.39 is 0 Å². The van der Waals surface area contributed by atoms with Crippen molar-refractivity contribution in [1.82, 2.24) is 9.97 Å². The highest BCUT2D eigenvalue weighted by Crippen LogP contribution is 2.34. The number of thioether (sulfide) groups is 1. The van der Waals surface area contributed by atoms with Crippen LogP contribution in [0.4, 0.5) is 0 Å². The van der Waals surface area contributed by atoms with Gasteiger partial charge in [0.25, 0.3) is 5.56 Å². The molecule has 19 heavy (non-hydrogen) atoms. The number of rotatable bonds is 5. The van der Waals surface area contributed by atoms with Crippen LogP contribution in [0, 0.1) is 3.57 Å². The van der Waals surface area contributed by atoms with Gasteiger partial charge in [0.1, 0.15) is 5.82 Å². The second-order valence-electron chi connectivity index (χ2n) is 5.22. The Hall–Kier alpha value is -0.0400. The van der Waals surface area contributed by atoms with Crippen molar-refractivity contribution in [3.05, 3.63) is 25.4 Å². The number of nitrogens with zero attached hydrogens (tertiary/aromatic N) is 1. The summed E-state index contributed by atoms with van der Waals surface area (Å²) in [7, 11) is 0. The van der Waals surface area contributed by atoms with Gasteiger partial charge in [-0.3, -0.25) is 4.79 Å². The maximum atomic E-state index is 12.0. The molecule has 2 rings (SSSR count). The number of nitrogens with one attached hydrogen (secondary N) is 1. The molecule has 0 aromatic carbocycles. The Morgan fingerprint density at radius 1 is 1.47 bits per heavy atom. The molecule has 1 heterocycles. The fourth-order valence-corrected chi connectivity index (χ4v) is 3.91. The van der Waals surface area contributed by atoms with E-state index in [9.17, 15) is 4.79 Å². The van der Waals surface area contributed by atoms with E-state index in [-0.39, 0.29) is 5.56 Å². The summed E-state index contributed by atoms with van der Waals surface area (Å²) >= 11 is 4.01. The van der Waals surface area contributed by atoms with E-state index in [2.05, 4.69) is 41.4 Å². The maximum absolute atomic E-state index is 12.0. The third-order valence-corrected chi connectivity index (χ3v) is 6.14. The summed E-state index contributed by atoms with van der Waals surface area (Å²) in [5, 5.41) is 0.611. The summed E-state index contributed by atoms with van der Waals surface area (Å²) in [5.74, 6) is 2.15. The number of aromatic amines is 1. The lowest BCUT2D eigenvalue weighted by molar-refractivity contribution is 0.679. The second-order valence-corrected chi connectivity index (χ2v) is 7.73. The van der Waals surface area contributed by atoms with Crippen LogP contribution in [-0.2, 0) is 5.75 Å². The van der Waals surface area contributed by atoms with Crippen molar-refractivity contribution in [2.24, 2.45) is 0 Å². The van der Waals surface area contributed by atoms with E-state index in [1.807, 2.05) is 11.8 Å². The highest BCUT2D eigenvalue weighted by Gasteiger charge is 2.22. The Labute approximate surface area is 132 Å². The molecule has 106 valence electrons. The monoisotopic (exact) mass is 392 g/mol.